The van der Waals surface area contributed by atoms with Gasteiger partial charge in [-0.3, -0.25) is 14.6 Å². The summed E-state index contributed by atoms with van der Waals surface area (Å²) in [5.74, 6) is 0.408. The number of hydrogen-bond acceptors (Lipinski definition) is 6. The second-order valence-electron chi connectivity index (χ2n) is 7.27. The van der Waals surface area contributed by atoms with Crippen LogP contribution in [-0.4, -0.2) is 61.3 Å². The van der Waals surface area contributed by atoms with E-state index < -0.39 is 0 Å². The largest absolute Gasteiger partial charge is 1.00 e. The molecule has 0 aliphatic carbocycles. The summed E-state index contributed by atoms with van der Waals surface area (Å²) in [7, 11) is 3.53. The predicted octanol–water partition coefficient (Wildman–Crippen LogP) is -0.229. The fraction of sp³-hybridized carbons (Fsp3) is 0.273. The lowest BCUT2D eigenvalue weighted by molar-refractivity contribution is -0.0000162. The molecule has 31 heavy (non-hydrogen) atoms. The molecule has 1 aromatic heterocycles. The van der Waals surface area contributed by atoms with Gasteiger partial charge in [-0.2, -0.15) is 4.98 Å². The summed E-state index contributed by atoms with van der Waals surface area (Å²) < 4.78 is 11.2. The van der Waals surface area contributed by atoms with Gasteiger partial charge in [-0.1, -0.05) is 48.5 Å². The number of aromatic nitrogens is 3. The Balaban J connectivity index is 0.00000272. The third-order valence-electron chi connectivity index (χ3n) is 5.21. The maximum absolute atomic E-state index is 13.1. The Morgan fingerprint density at radius 2 is 1.68 bits per heavy atom. The van der Waals surface area contributed by atoms with Gasteiger partial charge in [-0.25, -0.2) is 0 Å². The summed E-state index contributed by atoms with van der Waals surface area (Å²) in [5, 5.41) is 2.82. The number of carbonyl (C=O) groups excluding carboxylic acids is 1. The Bertz CT molecular complexity index is 1040. The molecular formula is C22H24ClN5O3. The highest BCUT2D eigenvalue weighted by Gasteiger charge is 2.33. The summed E-state index contributed by atoms with van der Waals surface area (Å²) in [5.41, 5.74) is 2.34. The van der Waals surface area contributed by atoms with Crippen molar-refractivity contribution in [2.24, 2.45) is 0 Å². The zero-order chi connectivity index (χ0) is 21.0. The summed E-state index contributed by atoms with van der Waals surface area (Å²) in [6.07, 6.45) is 0. The molecule has 1 saturated heterocycles. The number of halogens is 1. The molecule has 0 saturated carbocycles. The van der Waals surface area contributed by atoms with Crippen LogP contribution in [-0.2, 0) is 4.74 Å². The third kappa shape index (κ3) is 4.99. The van der Waals surface area contributed by atoms with Crippen molar-refractivity contribution < 1.29 is 26.7 Å². The minimum atomic E-state index is -0.293. The van der Waals surface area contributed by atoms with Crippen molar-refractivity contribution in [1.29, 1.82) is 0 Å². The van der Waals surface area contributed by atoms with Gasteiger partial charge in [0.25, 0.3) is 5.91 Å². The van der Waals surface area contributed by atoms with E-state index >= 15 is 0 Å². The quantitative estimate of drug-likeness (QED) is 0.550. The van der Waals surface area contributed by atoms with E-state index in [4.69, 9.17) is 9.47 Å². The molecular weight excluding hydrogens is 418 g/mol. The number of ether oxygens (including phenoxy) is 2. The van der Waals surface area contributed by atoms with Gasteiger partial charge < -0.3 is 21.9 Å². The normalized spacial score (nSPS) is 14.9. The molecule has 0 atom stereocenters. The van der Waals surface area contributed by atoms with E-state index in [1.807, 2.05) is 55.6 Å². The number of quaternary nitrogens is 1. The van der Waals surface area contributed by atoms with E-state index in [1.165, 1.54) is 7.11 Å². The molecule has 1 amide bonds. The monoisotopic (exact) mass is 441 g/mol. The first kappa shape index (κ1) is 22.6. The Morgan fingerprint density at radius 3 is 2.39 bits per heavy atom. The number of nitrogens with one attached hydrogen (secondary N) is 1. The van der Waals surface area contributed by atoms with Gasteiger partial charge in [0.2, 0.25) is 5.95 Å². The molecule has 1 N–H and O–H groups in total. The maximum atomic E-state index is 13.1. The molecule has 1 aliphatic rings. The summed E-state index contributed by atoms with van der Waals surface area (Å²) in [6, 6.07) is 17.4. The Morgan fingerprint density at radius 1 is 1.00 bits per heavy atom. The van der Waals surface area contributed by atoms with E-state index in [1.54, 1.807) is 6.07 Å². The zero-order valence-corrected chi connectivity index (χ0v) is 18.2. The summed E-state index contributed by atoms with van der Waals surface area (Å²) in [6.45, 7) is 2.71. The van der Waals surface area contributed by atoms with Crippen LogP contribution in [0, 0.1) is 0 Å². The minimum Gasteiger partial charge on any atom is -1.00 e. The second-order valence-corrected chi connectivity index (χ2v) is 7.27. The molecule has 3 aromatic rings. The van der Waals surface area contributed by atoms with Crippen LogP contribution < -0.4 is 26.9 Å². The Hall–Kier alpha value is -3.07. The van der Waals surface area contributed by atoms with Crippen LogP contribution in [0.3, 0.4) is 0 Å². The predicted molar refractivity (Wildman–Crippen MR) is 114 cm³/mol. The fourth-order valence-electron chi connectivity index (χ4n) is 3.40. The zero-order valence-electron chi connectivity index (χ0n) is 17.4. The topological polar surface area (TPSA) is 86.2 Å². The summed E-state index contributed by atoms with van der Waals surface area (Å²) >= 11 is 0. The van der Waals surface area contributed by atoms with Crippen molar-refractivity contribution in [3.05, 3.63) is 60.2 Å². The first-order valence-corrected chi connectivity index (χ1v) is 9.78. The van der Waals surface area contributed by atoms with Crippen LogP contribution in [0.2, 0.25) is 0 Å². The average Bonchev–Trinajstić information content (AvgIpc) is 2.80. The Labute approximate surface area is 187 Å². The lowest BCUT2D eigenvalue weighted by Gasteiger charge is -2.34. The highest BCUT2D eigenvalue weighted by atomic mass is 35.5. The van der Waals surface area contributed by atoms with Crippen LogP contribution in [0.5, 0.6) is 6.01 Å². The smallest absolute Gasteiger partial charge is 0.336 e. The molecule has 4 rings (SSSR count). The minimum absolute atomic E-state index is 0. The molecule has 9 heteroatoms. The number of likely N-dealkylation sites (N-methyl/N-ethyl adjacent to an activating group) is 1. The highest BCUT2D eigenvalue weighted by molar-refractivity contribution is 6.08. The van der Waals surface area contributed by atoms with Crippen molar-refractivity contribution in [1.82, 2.24) is 19.4 Å². The Kier molecular flexibility index (Phi) is 7.17. The number of methoxy groups -OCH3 is 1. The lowest BCUT2D eigenvalue weighted by Crippen LogP contribution is -3.00. The molecule has 1 fully saturated rings. The van der Waals surface area contributed by atoms with Gasteiger partial charge in [0.15, 0.2) is 0 Å². The van der Waals surface area contributed by atoms with E-state index in [9.17, 15) is 4.79 Å². The van der Waals surface area contributed by atoms with Gasteiger partial charge in [0.05, 0.1) is 27.4 Å². The number of hydrogen-bond donors (Lipinski definition) is 1. The molecule has 0 spiro atoms. The number of nitrogens with zero attached hydrogens (tertiary/aromatic N) is 4. The van der Waals surface area contributed by atoms with Crippen LogP contribution >= 0.6 is 0 Å². The molecule has 0 bridgehead atoms. The molecule has 0 unspecified atom stereocenters. The molecule has 2 heterocycles. The van der Waals surface area contributed by atoms with Crippen LogP contribution in [0.4, 0.5) is 11.9 Å². The SMILES string of the molecule is COc1nc(NC(=O)c2ccccc2-c2ccccc2)nc([N+]2(C)CCOCC2)n1.[Cl-]. The number of carbonyl (C=O) groups is 1. The molecule has 1 aliphatic heterocycles. The standard InChI is InChI=1S/C22H23N5O3.ClH/c1-27(12-14-30-15-13-27)21-24-20(25-22(26-21)29-2)23-19(28)18-11-7-6-10-17(18)16-8-4-3-5-9-16;/h3-11H,12-15H2,1-2H3;1H. The summed E-state index contributed by atoms with van der Waals surface area (Å²) in [4.78, 5) is 26.3. The van der Waals surface area contributed by atoms with Crippen molar-refractivity contribution in [3.63, 3.8) is 0 Å². The van der Waals surface area contributed by atoms with Crippen molar-refractivity contribution >= 4 is 17.8 Å². The van der Waals surface area contributed by atoms with Crippen molar-refractivity contribution in [2.45, 2.75) is 0 Å². The van der Waals surface area contributed by atoms with E-state index in [0.29, 0.717) is 29.2 Å². The average molecular weight is 442 g/mol. The molecule has 2 aromatic carbocycles. The van der Waals surface area contributed by atoms with Crippen LogP contribution in [0.1, 0.15) is 10.4 Å². The third-order valence-corrected chi connectivity index (χ3v) is 5.21. The number of morpholine rings is 1. The van der Waals surface area contributed by atoms with Gasteiger partial charge >= 0.3 is 12.0 Å². The molecule has 0 radical (unpaired) electrons. The van der Waals surface area contributed by atoms with Gasteiger partial charge in [-0.15, -0.1) is 9.97 Å². The van der Waals surface area contributed by atoms with Crippen LogP contribution in [0.15, 0.2) is 54.6 Å². The van der Waals surface area contributed by atoms with Crippen LogP contribution in [0.25, 0.3) is 11.1 Å². The lowest BCUT2D eigenvalue weighted by atomic mass is 9.99. The van der Waals surface area contributed by atoms with E-state index in [2.05, 4.69) is 20.3 Å². The molecule has 8 nitrogen and oxygen atoms in total. The van der Waals surface area contributed by atoms with Gasteiger partial charge in [0.1, 0.15) is 13.1 Å². The fourth-order valence-corrected chi connectivity index (χ4v) is 3.40. The van der Waals surface area contributed by atoms with Gasteiger partial charge in [-0.05, 0) is 17.2 Å². The first-order valence-electron chi connectivity index (χ1n) is 9.78. The number of rotatable bonds is 5. The van der Waals surface area contributed by atoms with Crippen molar-refractivity contribution in [3.8, 4) is 17.1 Å². The number of amides is 1. The highest BCUT2D eigenvalue weighted by Crippen LogP contribution is 2.25. The number of anilines is 1. The molecule has 162 valence electrons. The van der Waals surface area contributed by atoms with Crippen molar-refractivity contribution in [2.75, 3.05) is 45.8 Å². The first-order chi connectivity index (χ1) is 14.6. The van der Waals surface area contributed by atoms with Gasteiger partial charge in [0, 0.05) is 5.56 Å². The maximum Gasteiger partial charge on any atom is 0.336 e. The number of benzene rings is 2. The second kappa shape index (κ2) is 9.82. The van der Waals surface area contributed by atoms with E-state index in [-0.39, 0.29) is 30.3 Å². The van der Waals surface area contributed by atoms with E-state index in [0.717, 1.165) is 24.2 Å².